The first-order chi connectivity index (χ1) is 11.0. The molecule has 0 spiro atoms. The number of nitrogens with one attached hydrogen (secondary N) is 1. The third kappa shape index (κ3) is 7.29. The number of halogens is 1. The minimum Gasteiger partial charge on any atom is -0.385 e. The van der Waals surface area contributed by atoms with Gasteiger partial charge in [-0.05, 0) is 12.0 Å². The van der Waals surface area contributed by atoms with Crippen LogP contribution in [-0.4, -0.2) is 50.6 Å². The van der Waals surface area contributed by atoms with Gasteiger partial charge in [0, 0.05) is 33.4 Å². The summed E-state index contributed by atoms with van der Waals surface area (Å²) in [6.45, 7) is 2.94. The standard InChI is InChI=1S/C17H27N3O3.ClH/c1-13(16(18)14-8-5-4-6-9-14)17(22)20(2)12-15(21)19-10-7-11-23-3;/h4-6,8-9,13,16H,7,10-12,18H2,1-3H3,(H,19,21);1H. The molecule has 0 aliphatic rings. The minimum atomic E-state index is -0.399. The number of carbonyl (C=O) groups is 2. The number of nitrogens with two attached hydrogens (primary N) is 1. The molecule has 7 heteroatoms. The lowest BCUT2D eigenvalue weighted by molar-refractivity contribution is -0.138. The van der Waals surface area contributed by atoms with E-state index in [2.05, 4.69) is 5.32 Å². The molecule has 1 aromatic carbocycles. The number of likely N-dealkylation sites (N-methyl/N-ethyl adjacent to an activating group) is 1. The van der Waals surface area contributed by atoms with Crippen LogP contribution < -0.4 is 11.1 Å². The zero-order chi connectivity index (χ0) is 17.2. The van der Waals surface area contributed by atoms with Crippen LogP contribution in [0.4, 0.5) is 0 Å². The Bertz CT molecular complexity index is 499. The van der Waals surface area contributed by atoms with Gasteiger partial charge < -0.3 is 20.7 Å². The number of nitrogens with zero attached hydrogens (tertiary/aromatic N) is 1. The van der Waals surface area contributed by atoms with E-state index >= 15 is 0 Å². The highest BCUT2D eigenvalue weighted by Crippen LogP contribution is 2.20. The minimum absolute atomic E-state index is 0. The number of hydrogen-bond donors (Lipinski definition) is 2. The molecule has 6 nitrogen and oxygen atoms in total. The van der Waals surface area contributed by atoms with E-state index in [-0.39, 0.29) is 30.8 Å². The van der Waals surface area contributed by atoms with Gasteiger partial charge in [-0.25, -0.2) is 0 Å². The molecule has 0 radical (unpaired) electrons. The van der Waals surface area contributed by atoms with Crippen molar-refractivity contribution in [2.45, 2.75) is 19.4 Å². The Morgan fingerprint density at radius 3 is 2.50 bits per heavy atom. The van der Waals surface area contributed by atoms with Gasteiger partial charge in [-0.2, -0.15) is 0 Å². The molecule has 0 saturated carbocycles. The topological polar surface area (TPSA) is 84.7 Å². The molecule has 2 amide bonds. The molecule has 2 unspecified atom stereocenters. The Kier molecular flexibility index (Phi) is 11.0. The number of ether oxygens (including phenoxy) is 1. The fourth-order valence-corrected chi connectivity index (χ4v) is 2.26. The third-order valence-electron chi connectivity index (χ3n) is 3.72. The highest BCUT2D eigenvalue weighted by Gasteiger charge is 2.25. The van der Waals surface area contributed by atoms with Crippen LogP contribution in [0.3, 0.4) is 0 Å². The van der Waals surface area contributed by atoms with Crippen molar-refractivity contribution in [3.63, 3.8) is 0 Å². The molecule has 2 atom stereocenters. The Labute approximate surface area is 150 Å². The third-order valence-corrected chi connectivity index (χ3v) is 3.72. The first-order valence-corrected chi connectivity index (χ1v) is 7.78. The Morgan fingerprint density at radius 2 is 1.92 bits per heavy atom. The molecule has 0 aliphatic carbocycles. The summed E-state index contributed by atoms with van der Waals surface area (Å²) >= 11 is 0. The zero-order valence-corrected chi connectivity index (χ0v) is 15.3. The van der Waals surface area contributed by atoms with E-state index in [1.54, 1.807) is 21.1 Å². The second kappa shape index (κ2) is 11.8. The van der Waals surface area contributed by atoms with Gasteiger partial charge in [0.15, 0.2) is 0 Å². The molecule has 0 bridgehead atoms. The van der Waals surface area contributed by atoms with Crippen LogP contribution in [0.2, 0.25) is 0 Å². The predicted molar refractivity (Wildman–Crippen MR) is 96.9 cm³/mol. The quantitative estimate of drug-likeness (QED) is 0.653. The van der Waals surface area contributed by atoms with Gasteiger partial charge in [-0.15, -0.1) is 12.4 Å². The lowest BCUT2D eigenvalue weighted by Crippen LogP contribution is -2.43. The van der Waals surface area contributed by atoms with E-state index < -0.39 is 12.0 Å². The van der Waals surface area contributed by atoms with Crippen LogP contribution >= 0.6 is 12.4 Å². The van der Waals surface area contributed by atoms with Gasteiger partial charge in [0.05, 0.1) is 12.5 Å². The molecule has 0 saturated heterocycles. The van der Waals surface area contributed by atoms with E-state index in [1.807, 2.05) is 30.3 Å². The fraction of sp³-hybridized carbons (Fsp3) is 0.529. The van der Waals surface area contributed by atoms with Crippen molar-refractivity contribution in [3.8, 4) is 0 Å². The van der Waals surface area contributed by atoms with Crippen LogP contribution in [0, 0.1) is 5.92 Å². The van der Waals surface area contributed by atoms with Crippen molar-refractivity contribution < 1.29 is 14.3 Å². The molecule has 1 aromatic rings. The van der Waals surface area contributed by atoms with Crippen LogP contribution in [-0.2, 0) is 14.3 Å². The number of hydrogen-bond acceptors (Lipinski definition) is 4. The van der Waals surface area contributed by atoms with E-state index in [9.17, 15) is 9.59 Å². The van der Waals surface area contributed by atoms with E-state index in [0.717, 1.165) is 12.0 Å². The van der Waals surface area contributed by atoms with Crippen molar-refractivity contribution in [3.05, 3.63) is 35.9 Å². The number of benzene rings is 1. The average Bonchev–Trinajstić information content (AvgIpc) is 2.57. The van der Waals surface area contributed by atoms with Crippen LogP contribution in [0.25, 0.3) is 0 Å². The second-order valence-corrected chi connectivity index (χ2v) is 5.62. The summed E-state index contributed by atoms with van der Waals surface area (Å²) in [5.41, 5.74) is 7.07. The van der Waals surface area contributed by atoms with Crippen molar-refractivity contribution in [1.82, 2.24) is 10.2 Å². The summed E-state index contributed by atoms with van der Waals surface area (Å²) in [6, 6.07) is 9.10. The number of rotatable bonds is 9. The monoisotopic (exact) mass is 357 g/mol. The molecule has 0 fully saturated rings. The predicted octanol–water partition coefficient (Wildman–Crippen LogP) is 1.36. The van der Waals surface area contributed by atoms with Crippen molar-refractivity contribution in [2.75, 3.05) is 33.9 Å². The summed E-state index contributed by atoms with van der Waals surface area (Å²) < 4.78 is 4.91. The first kappa shape index (κ1) is 22.4. The van der Waals surface area contributed by atoms with Gasteiger partial charge in [-0.3, -0.25) is 9.59 Å². The first-order valence-electron chi connectivity index (χ1n) is 7.78. The summed E-state index contributed by atoms with van der Waals surface area (Å²) in [7, 11) is 3.23. The highest BCUT2D eigenvalue weighted by molar-refractivity contribution is 5.86. The largest absolute Gasteiger partial charge is 0.385 e. The van der Waals surface area contributed by atoms with E-state index in [0.29, 0.717) is 13.2 Å². The maximum Gasteiger partial charge on any atom is 0.239 e. The number of methoxy groups -OCH3 is 1. The molecule has 3 N–H and O–H groups in total. The van der Waals surface area contributed by atoms with Gasteiger partial charge in [0.1, 0.15) is 0 Å². The molecule has 24 heavy (non-hydrogen) atoms. The zero-order valence-electron chi connectivity index (χ0n) is 14.5. The van der Waals surface area contributed by atoms with Crippen molar-refractivity contribution in [1.29, 1.82) is 0 Å². The van der Waals surface area contributed by atoms with Crippen molar-refractivity contribution >= 4 is 24.2 Å². The van der Waals surface area contributed by atoms with Gasteiger partial charge in [0.25, 0.3) is 0 Å². The Hall–Kier alpha value is -1.63. The maximum atomic E-state index is 12.4. The molecule has 0 aliphatic heterocycles. The highest BCUT2D eigenvalue weighted by atomic mass is 35.5. The molecule has 0 heterocycles. The van der Waals surface area contributed by atoms with Gasteiger partial charge in [-0.1, -0.05) is 37.3 Å². The number of carbonyl (C=O) groups excluding carboxylic acids is 2. The lowest BCUT2D eigenvalue weighted by atomic mass is 9.94. The molecular formula is C17H28ClN3O3. The number of amides is 2. The Morgan fingerprint density at radius 1 is 1.29 bits per heavy atom. The summed E-state index contributed by atoms with van der Waals surface area (Å²) in [5, 5.41) is 2.76. The smallest absolute Gasteiger partial charge is 0.239 e. The maximum absolute atomic E-state index is 12.4. The average molecular weight is 358 g/mol. The summed E-state index contributed by atoms with van der Waals surface area (Å²) in [4.78, 5) is 25.6. The lowest BCUT2D eigenvalue weighted by Gasteiger charge is -2.25. The van der Waals surface area contributed by atoms with Gasteiger partial charge >= 0.3 is 0 Å². The van der Waals surface area contributed by atoms with Crippen LogP contribution in [0.15, 0.2) is 30.3 Å². The molecule has 136 valence electrons. The fourth-order valence-electron chi connectivity index (χ4n) is 2.26. The van der Waals surface area contributed by atoms with E-state index in [1.165, 1.54) is 4.90 Å². The summed E-state index contributed by atoms with van der Waals surface area (Å²) in [6.07, 6.45) is 0.745. The normalized spacial score (nSPS) is 12.7. The van der Waals surface area contributed by atoms with Gasteiger partial charge in [0.2, 0.25) is 11.8 Å². The second-order valence-electron chi connectivity index (χ2n) is 5.62. The SMILES string of the molecule is COCCCNC(=O)CN(C)C(=O)C(C)C(N)c1ccccc1.Cl. The van der Waals surface area contributed by atoms with Crippen LogP contribution in [0.5, 0.6) is 0 Å². The van der Waals surface area contributed by atoms with Crippen molar-refractivity contribution in [2.24, 2.45) is 11.7 Å². The summed E-state index contributed by atoms with van der Waals surface area (Å²) in [5.74, 6) is -0.727. The molecular weight excluding hydrogens is 330 g/mol. The Balaban J connectivity index is 0.00000529. The molecule has 0 aromatic heterocycles. The van der Waals surface area contributed by atoms with Crippen LogP contribution in [0.1, 0.15) is 24.9 Å². The molecule has 1 rings (SSSR count). The van der Waals surface area contributed by atoms with E-state index in [4.69, 9.17) is 10.5 Å².